The molecule has 39 heavy (non-hydrogen) atoms. The fourth-order valence-corrected chi connectivity index (χ4v) is 6.81. The molecule has 0 spiro atoms. The van der Waals surface area contributed by atoms with Crippen LogP contribution >= 0.6 is 23.8 Å². The third-order valence-corrected chi connectivity index (χ3v) is 8.32. The van der Waals surface area contributed by atoms with E-state index in [1.165, 1.54) is 18.6 Å². The minimum Gasteiger partial charge on any atom is -0.370 e. The van der Waals surface area contributed by atoms with Crippen LogP contribution in [-0.2, 0) is 0 Å². The smallest absolute Gasteiger partial charge is 0.174 e. The van der Waals surface area contributed by atoms with E-state index in [2.05, 4.69) is 56.7 Å². The maximum absolute atomic E-state index is 13.7. The highest BCUT2D eigenvalue weighted by molar-refractivity contribution is 7.80. The van der Waals surface area contributed by atoms with E-state index in [4.69, 9.17) is 23.8 Å². The molecule has 4 aromatic rings. The van der Waals surface area contributed by atoms with E-state index in [0.29, 0.717) is 22.0 Å². The van der Waals surface area contributed by atoms with Gasteiger partial charge >= 0.3 is 0 Å². The highest BCUT2D eigenvalue weighted by Crippen LogP contribution is 2.44. The van der Waals surface area contributed by atoms with E-state index < -0.39 is 0 Å². The molecule has 2 aromatic heterocycles. The quantitative estimate of drug-likeness (QED) is 0.259. The van der Waals surface area contributed by atoms with E-state index in [9.17, 15) is 4.39 Å². The third-order valence-electron chi connectivity index (χ3n) is 7.71. The molecule has 2 aliphatic heterocycles. The third kappa shape index (κ3) is 5.01. The van der Waals surface area contributed by atoms with Crippen LogP contribution in [0.1, 0.15) is 43.7 Å². The number of nitrogens with zero attached hydrogens (tertiary/aromatic N) is 4. The number of thiocarbonyl (C=S) groups is 1. The SMILES string of the molecule is C[C@@H]1C[C@@H](C)CN(c2ccc(N3C(=S)N[C@@H](c4ccccn4)[C@@H]3c3cccn3-c3ccc(F)cc3)cc2Cl)C1. The lowest BCUT2D eigenvalue weighted by Gasteiger charge is -2.37. The van der Waals surface area contributed by atoms with E-state index in [0.717, 1.165) is 41.5 Å². The number of rotatable bonds is 5. The predicted molar refractivity (Wildman–Crippen MR) is 160 cm³/mol. The summed E-state index contributed by atoms with van der Waals surface area (Å²) in [5.41, 5.74) is 4.73. The van der Waals surface area contributed by atoms with Gasteiger partial charge in [0.05, 0.1) is 22.4 Å². The summed E-state index contributed by atoms with van der Waals surface area (Å²) >= 11 is 12.9. The van der Waals surface area contributed by atoms with E-state index in [-0.39, 0.29) is 17.9 Å². The fraction of sp³-hybridized carbons (Fsp3) is 0.290. The lowest BCUT2D eigenvalue weighted by Crippen LogP contribution is -2.38. The molecule has 5 nitrogen and oxygen atoms in total. The average Bonchev–Trinajstić information content (AvgIpc) is 3.53. The second-order valence-electron chi connectivity index (χ2n) is 10.8. The molecule has 2 fully saturated rings. The van der Waals surface area contributed by atoms with Crippen LogP contribution in [0.15, 0.2) is 85.2 Å². The largest absolute Gasteiger partial charge is 0.370 e. The highest BCUT2D eigenvalue weighted by Gasteiger charge is 2.42. The zero-order chi connectivity index (χ0) is 27.1. The Morgan fingerprint density at radius 2 is 1.69 bits per heavy atom. The van der Waals surface area contributed by atoms with E-state index in [1.807, 2.05) is 36.5 Å². The van der Waals surface area contributed by atoms with Gasteiger partial charge in [-0.3, -0.25) is 4.98 Å². The average molecular weight is 560 g/mol. The minimum atomic E-state index is -0.267. The van der Waals surface area contributed by atoms with Gasteiger partial charge < -0.3 is 19.7 Å². The summed E-state index contributed by atoms with van der Waals surface area (Å²) < 4.78 is 15.8. The Labute approximate surface area is 239 Å². The van der Waals surface area contributed by atoms with Crippen LogP contribution in [0.5, 0.6) is 0 Å². The molecule has 2 aliphatic rings. The summed E-state index contributed by atoms with van der Waals surface area (Å²) in [5, 5.41) is 4.84. The second-order valence-corrected chi connectivity index (χ2v) is 11.6. The lowest BCUT2D eigenvalue weighted by molar-refractivity contribution is 0.357. The van der Waals surface area contributed by atoms with E-state index in [1.54, 1.807) is 18.3 Å². The van der Waals surface area contributed by atoms with Crippen LogP contribution in [-0.4, -0.2) is 27.8 Å². The first-order valence-electron chi connectivity index (χ1n) is 13.4. The second kappa shape index (κ2) is 10.6. The van der Waals surface area contributed by atoms with Crippen molar-refractivity contribution >= 4 is 40.3 Å². The van der Waals surface area contributed by atoms with Crippen LogP contribution < -0.4 is 15.1 Å². The van der Waals surface area contributed by atoms with Gasteiger partial charge in [0.1, 0.15) is 11.9 Å². The van der Waals surface area contributed by atoms with Gasteiger partial charge in [-0.25, -0.2) is 4.39 Å². The number of pyridine rings is 1. The monoisotopic (exact) mass is 559 g/mol. The number of anilines is 2. The van der Waals surface area contributed by atoms with Crippen LogP contribution in [0.4, 0.5) is 15.8 Å². The number of hydrogen-bond acceptors (Lipinski definition) is 3. The number of hydrogen-bond donors (Lipinski definition) is 1. The first kappa shape index (κ1) is 25.8. The van der Waals surface area contributed by atoms with Crippen molar-refractivity contribution in [3.63, 3.8) is 0 Å². The molecule has 0 bridgehead atoms. The zero-order valence-electron chi connectivity index (χ0n) is 22.0. The molecular formula is C31H31ClFN5S. The normalized spacial score (nSPS) is 23.2. The number of halogens is 2. The highest BCUT2D eigenvalue weighted by atomic mass is 35.5. The first-order chi connectivity index (χ1) is 18.9. The number of aromatic nitrogens is 2. The molecule has 2 saturated heterocycles. The summed E-state index contributed by atoms with van der Waals surface area (Å²) in [5.74, 6) is 0.988. The Hall–Kier alpha value is -3.42. The van der Waals surface area contributed by atoms with Gasteiger partial charge in [-0.05, 0) is 97.2 Å². The molecule has 8 heteroatoms. The number of piperidine rings is 1. The lowest BCUT2D eigenvalue weighted by atomic mass is 9.91. The van der Waals surface area contributed by atoms with Crippen LogP contribution in [0.2, 0.25) is 5.02 Å². The van der Waals surface area contributed by atoms with Gasteiger partial charge in [-0.2, -0.15) is 0 Å². The van der Waals surface area contributed by atoms with Crippen molar-refractivity contribution in [2.45, 2.75) is 32.4 Å². The van der Waals surface area contributed by atoms with Crippen molar-refractivity contribution < 1.29 is 4.39 Å². The van der Waals surface area contributed by atoms with Crippen molar-refractivity contribution in [1.29, 1.82) is 0 Å². The molecule has 1 N–H and O–H groups in total. The molecule has 0 unspecified atom stereocenters. The fourth-order valence-electron chi connectivity index (χ4n) is 6.17. The Bertz CT molecular complexity index is 1460. The minimum absolute atomic E-state index is 0.199. The summed E-state index contributed by atoms with van der Waals surface area (Å²) in [6.07, 6.45) is 5.03. The van der Waals surface area contributed by atoms with Gasteiger partial charge in [0.15, 0.2) is 5.11 Å². The maximum atomic E-state index is 13.7. The van der Waals surface area contributed by atoms with Crippen molar-refractivity contribution in [2.75, 3.05) is 22.9 Å². The summed E-state index contributed by atoms with van der Waals surface area (Å²) in [4.78, 5) is 9.19. The Kier molecular flexibility index (Phi) is 7.04. The Balaban J connectivity index is 1.42. The zero-order valence-corrected chi connectivity index (χ0v) is 23.5. The number of benzene rings is 2. The van der Waals surface area contributed by atoms with Gasteiger partial charge in [-0.1, -0.05) is 31.5 Å². The molecule has 0 saturated carbocycles. The Morgan fingerprint density at radius 1 is 0.949 bits per heavy atom. The standard InChI is InChI=1S/C31H31ClFN5S/c1-20-16-21(2)19-36(18-20)27-13-12-24(17-25(27)32)38-30(29(35-31(38)39)26-6-3-4-14-34-26)28-7-5-15-37(28)23-10-8-22(33)9-11-23/h3-15,17,20-21,29-30H,16,18-19H2,1-2H3,(H,35,39)/t20-,21-,29+,30+/m1/s1. The van der Waals surface area contributed by atoms with Gasteiger partial charge in [0.2, 0.25) is 0 Å². The number of nitrogens with one attached hydrogen (secondary N) is 1. The molecular weight excluding hydrogens is 529 g/mol. The molecule has 200 valence electrons. The molecule has 4 heterocycles. The van der Waals surface area contributed by atoms with Gasteiger partial charge in [-0.15, -0.1) is 0 Å². The van der Waals surface area contributed by atoms with Crippen LogP contribution in [0.3, 0.4) is 0 Å². The summed E-state index contributed by atoms with van der Waals surface area (Å²) in [6.45, 7) is 6.61. The summed E-state index contributed by atoms with van der Waals surface area (Å²) in [7, 11) is 0. The van der Waals surface area contributed by atoms with Gasteiger partial charge in [0.25, 0.3) is 0 Å². The van der Waals surface area contributed by atoms with Crippen molar-refractivity contribution in [1.82, 2.24) is 14.9 Å². The predicted octanol–water partition coefficient (Wildman–Crippen LogP) is 7.32. The molecule has 0 amide bonds. The molecule has 0 aliphatic carbocycles. The van der Waals surface area contributed by atoms with Crippen LogP contribution in [0, 0.1) is 17.7 Å². The first-order valence-corrected chi connectivity index (χ1v) is 14.2. The molecule has 0 radical (unpaired) electrons. The molecule has 4 atom stereocenters. The van der Waals surface area contributed by atoms with Crippen LogP contribution in [0.25, 0.3) is 5.69 Å². The molecule has 2 aromatic carbocycles. The Morgan fingerprint density at radius 3 is 2.38 bits per heavy atom. The van der Waals surface area contributed by atoms with Gasteiger partial charge in [0, 0.05) is 42.6 Å². The van der Waals surface area contributed by atoms with Crippen molar-refractivity contribution in [3.05, 3.63) is 107 Å². The van der Waals surface area contributed by atoms with E-state index >= 15 is 0 Å². The summed E-state index contributed by atoms with van der Waals surface area (Å²) in [6, 6.07) is 22.3. The maximum Gasteiger partial charge on any atom is 0.174 e. The van der Waals surface area contributed by atoms with Crippen molar-refractivity contribution in [3.8, 4) is 5.69 Å². The van der Waals surface area contributed by atoms with Crippen molar-refractivity contribution in [2.24, 2.45) is 11.8 Å². The topological polar surface area (TPSA) is 36.3 Å². The molecule has 6 rings (SSSR count).